The molecule has 5 heteroatoms. The molecule has 1 rings (SSSR count). The first kappa shape index (κ1) is 8.67. The molecule has 0 saturated heterocycles. The number of rotatable bonds is 3. The molecule has 0 spiro atoms. The topological polar surface area (TPSA) is 35.0 Å². The van der Waals surface area contributed by atoms with Crippen molar-refractivity contribution in [1.29, 1.82) is 0 Å². The molecule has 3 nitrogen and oxygen atoms in total. The Hall–Kier alpha value is -0.420. The Labute approximate surface area is 77.4 Å². The van der Waals surface area contributed by atoms with Gasteiger partial charge in [-0.15, -0.1) is 0 Å². The van der Waals surface area contributed by atoms with Crippen LogP contribution in [-0.2, 0) is 4.74 Å². The molecule has 0 fully saturated rings. The highest BCUT2D eigenvalue weighted by Crippen LogP contribution is 2.17. The van der Waals surface area contributed by atoms with Crippen molar-refractivity contribution in [3.8, 4) is 0 Å². The Kier molecular flexibility index (Phi) is 3.02. The van der Waals surface area contributed by atoms with Gasteiger partial charge in [-0.05, 0) is 34.4 Å². The second kappa shape index (κ2) is 3.82. The molecular formula is C6H7BrN2OS. The zero-order chi connectivity index (χ0) is 8.27. The van der Waals surface area contributed by atoms with Crippen molar-refractivity contribution in [2.24, 2.45) is 0 Å². The Bertz CT molecular complexity index is 261. The van der Waals surface area contributed by atoms with Crippen LogP contribution in [0.4, 0.5) is 0 Å². The summed E-state index contributed by atoms with van der Waals surface area (Å²) in [6.07, 6.45) is 0. The van der Waals surface area contributed by atoms with Crippen LogP contribution in [0.3, 0.4) is 0 Å². The van der Waals surface area contributed by atoms with Crippen LogP contribution in [0.15, 0.2) is 11.3 Å². The lowest BCUT2D eigenvalue weighted by Crippen LogP contribution is -1.88. The van der Waals surface area contributed by atoms with Gasteiger partial charge in [0.05, 0.1) is 6.61 Å². The van der Waals surface area contributed by atoms with E-state index in [1.54, 1.807) is 0 Å². The molecule has 0 aliphatic carbocycles. The van der Waals surface area contributed by atoms with E-state index < -0.39 is 0 Å². The largest absolute Gasteiger partial charge is 0.491 e. The maximum absolute atomic E-state index is 5.13. The molecule has 1 heterocycles. The lowest BCUT2D eigenvalue weighted by Gasteiger charge is -2.00. The van der Waals surface area contributed by atoms with Gasteiger partial charge in [0.2, 0.25) is 4.73 Å². The standard InChI is InChI=1S/C6H7BrN2OS/c1-3-10-4(2)5-8-6(7)9-11-5/h2-3H2,1H3. The number of hydrogen-bond acceptors (Lipinski definition) is 4. The Morgan fingerprint density at radius 3 is 3.00 bits per heavy atom. The van der Waals surface area contributed by atoms with Gasteiger partial charge in [-0.3, -0.25) is 0 Å². The highest BCUT2D eigenvalue weighted by atomic mass is 79.9. The minimum Gasteiger partial charge on any atom is -0.491 e. The van der Waals surface area contributed by atoms with Crippen molar-refractivity contribution < 1.29 is 4.74 Å². The van der Waals surface area contributed by atoms with Gasteiger partial charge in [-0.2, -0.15) is 4.37 Å². The Balaban J connectivity index is 2.69. The molecule has 0 bridgehead atoms. The predicted octanol–water partition coefficient (Wildman–Crippen LogP) is 2.31. The monoisotopic (exact) mass is 234 g/mol. The fourth-order valence-electron chi connectivity index (χ4n) is 0.555. The molecule has 0 unspecified atom stereocenters. The van der Waals surface area contributed by atoms with Gasteiger partial charge >= 0.3 is 0 Å². The molecule has 0 saturated carbocycles. The summed E-state index contributed by atoms with van der Waals surface area (Å²) >= 11 is 4.41. The Morgan fingerprint density at radius 1 is 1.82 bits per heavy atom. The third-order valence-electron chi connectivity index (χ3n) is 0.958. The molecule has 1 aromatic heterocycles. The van der Waals surface area contributed by atoms with E-state index in [4.69, 9.17) is 4.74 Å². The van der Waals surface area contributed by atoms with Crippen LogP contribution in [0.2, 0.25) is 0 Å². The van der Waals surface area contributed by atoms with Crippen molar-refractivity contribution in [3.05, 3.63) is 16.3 Å². The van der Waals surface area contributed by atoms with E-state index in [0.717, 1.165) is 5.01 Å². The van der Waals surface area contributed by atoms with Crippen LogP contribution < -0.4 is 0 Å². The zero-order valence-electron chi connectivity index (χ0n) is 6.00. The van der Waals surface area contributed by atoms with Crippen molar-refractivity contribution in [1.82, 2.24) is 9.36 Å². The molecule has 0 amide bonds. The van der Waals surface area contributed by atoms with E-state index in [1.807, 2.05) is 6.92 Å². The van der Waals surface area contributed by atoms with E-state index >= 15 is 0 Å². The average molecular weight is 235 g/mol. The Morgan fingerprint density at radius 2 is 2.55 bits per heavy atom. The fraction of sp³-hybridized carbons (Fsp3) is 0.333. The molecule has 0 aliphatic rings. The minimum atomic E-state index is 0.579. The smallest absolute Gasteiger partial charge is 0.209 e. The molecule has 1 aromatic rings. The molecule has 60 valence electrons. The summed E-state index contributed by atoms with van der Waals surface area (Å²) in [5.74, 6) is 0.579. The first-order chi connectivity index (χ1) is 5.24. The SMILES string of the molecule is C=C(OCC)c1nc(Br)ns1. The number of hydrogen-bond donors (Lipinski definition) is 0. The van der Waals surface area contributed by atoms with Crippen molar-refractivity contribution >= 4 is 33.2 Å². The minimum absolute atomic E-state index is 0.579. The van der Waals surface area contributed by atoms with Crippen molar-refractivity contribution in [2.45, 2.75) is 6.92 Å². The summed E-state index contributed by atoms with van der Waals surface area (Å²) in [5.41, 5.74) is 0. The highest BCUT2D eigenvalue weighted by Gasteiger charge is 2.04. The summed E-state index contributed by atoms with van der Waals surface area (Å²) in [7, 11) is 0. The van der Waals surface area contributed by atoms with E-state index in [1.165, 1.54) is 11.5 Å². The first-order valence-corrected chi connectivity index (χ1v) is 4.62. The lowest BCUT2D eigenvalue weighted by atomic mass is 10.6. The number of nitrogens with zero attached hydrogens (tertiary/aromatic N) is 2. The average Bonchev–Trinajstić information content (AvgIpc) is 2.36. The van der Waals surface area contributed by atoms with Gasteiger partial charge in [-0.1, -0.05) is 6.58 Å². The van der Waals surface area contributed by atoms with Gasteiger partial charge in [-0.25, -0.2) is 4.98 Å². The summed E-state index contributed by atoms with van der Waals surface area (Å²) < 4.78 is 9.64. The fourth-order valence-corrected chi connectivity index (χ4v) is 1.56. The van der Waals surface area contributed by atoms with E-state index in [0.29, 0.717) is 17.1 Å². The van der Waals surface area contributed by atoms with Gasteiger partial charge in [0, 0.05) is 0 Å². The molecule has 11 heavy (non-hydrogen) atoms. The molecule has 0 radical (unpaired) electrons. The summed E-state index contributed by atoms with van der Waals surface area (Å²) in [4.78, 5) is 4.03. The quantitative estimate of drug-likeness (QED) is 0.754. The lowest BCUT2D eigenvalue weighted by molar-refractivity contribution is 0.299. The first-order valence-electron chi connectivity index (χ1n) is 3.05. The highest BCUT2D eigenvalue weighted by molar-refractivity contribution is 9.10. The summed E-state index contributed by atoms with van der Waals surface area (Å²) in [5, 5.41) is 0.721. The number of halogens is 1. The third kappa shape index (κ3) is 2.27. The predicted molar refractivity (Wildman–Crippen MR) is 48.3 cm³/mol. The van der Waals surface area contributed by atoms with Crippen LogP contribution in [0.1, 0.15) is 11.9 Å². The molecule has 0 aliphatic heterocycles. The molecule has 0 N–H and O–H groups in total. The maximum atomic E-state index is 5.13. The van der Waals surface area contributed by atoms with E-state index in [9.17, 15) is 0 Å². The van der Waals surface area contributed by atoms with E-state index in [2.05, 4.69) is 31.9 Å². The van der Waals surface area contributed by atoms with Gasteiger partial charge in [0.1, 0.15) is 5.76 Å². The normalized spacial score (nSPS) is 9.64. The van der Waals surface area contributed by atoms with Crippen molar-refractivity contribution in [3.63, 3.8) is 0 Å². The second-order valence-electron chi connectivity index (χ2n) is 1.72. The van der Waals surface area contributed by atoms with Crippen LogP contribution >= 0.6 is 27.5 Å². The van der Waals surface area contributed by atoms with Gasteiger partial charge in [0.15, 0.2) is 5.01 Å². The van der Waals surface area contributed by atoms with Gasteiger partial charge < -0.3 is 4.74 Å². The second-order valence-corrected chi connectivity index (χ2v) is 3.19. The number of ether oxygens (including phenoxy) is 1. The molecule has 0 atom stereocenters. The van der Waals surface area contributed by atoms with Crippen LogP contribution in [0.5, 0.6) is 0 Å². The molecule has 0 aromatic carbocycles. The molecular weight excluding hydrogens is 228 g/mol. The third-order valence-corrected chi connectivity index (χ3v) is 2.30. The van der Waals surface area contributed by atoms with Crippen LogP contribution in [-0.4, -0.2) is 16.0 Å². The maximum Gasteiger partial charge on any atom is 0.209 e. The van der Waals surface area contributed by atoms with Crippen LogP contribution in [0, 0.1) is 0 Å². The zero-order valence-corrected chi connectivity index (χ0v) is 8.41. The summed E-state index contributed by atoms with van der Waals surface area (Å²) in [6, 6.07) is 0. The van der Waals surface area contributed by atoms with Crippen molar-refractivity contribution in [2.75, 3.05) is 6.61 Å². The summed E-state index contributed by atoms with van der Waals surface area (Å²) in [6.45, 7) is 6.20. The number of aromatic nitrogens is 2. The van der Waals surface area contributed by atoms with E-state index in [-0.39, 0.29) is 0 Å². The van der Waals surface area contributed by atoms with Crippen LogP contribution in [0.25, 0.3) is 5.76 Å². The van der Waals surface area contributed by atoms with Gasteiger partial charge in [0.25, 0.3) is 0 Å².